The lowest BCUT2D eigenvalue weighted by molar-refractivity contribution is -0.384. The summed E-state index contributed by atoms with van der Waals surface area (Å²) in [4.78, 5) is 24.1. The van der Waals surface area contributed by atoms with E-state index in [1.54, 1.807) is 24.3 Å². The monoisotopic (exact) mass is 353 g/mol. The summed E-state index contributed by atoms with van der Waals surface area (Å²) < 4.78 is 0. The minimum Gasteiger partial charge on any atom is -0.307 e. The number of urea groups is 1. The van der Waals surface area contributed by atoms with Crippen LogP contribution in [0.15, 0.2) is 42.5 Å². The van der Waals surface area contributed by atoms with Gasteiger partial charge < -0.3 is 5.32 Å². The van der Waals surface area contributed by atoms with Crippen LogP contribution in [0.4, 0.5) is 21.9 Å². The van der Waals surface area contributed by atoms with Crippen molar-refractivity contribution >= 4 is 46.3 Å². The smallest absolute Gasteiger partial charge is 0.307 e. The fourth-order valence-electron chi connectivity index (χ4n) is 1.99. The van der Waals surface area contributed by atoms with Crippen LogP contribution in [0.1, 0.15) is 6.92 Å². The number of amides is 2. The molecule has 6 nitrogen and oxygen atoms in total. The molecule has 2 aromatic rings. The zero-order valence-corrected chi connectivity index (χ0v) is 13.6. The van der Waals surface area contributed by atoms with Gasteiger partial charge in [0.05, 0.1) is 4.92 Å². The molecule has 2 aromatic carbocycles. The molecule has 0 aliphatic carbocycles. The Kier molecular flexibility index (Phi) is 5.41. The zero-order chi connectivity index (χ0) is 17.0. The molecule has 0 aliphatic rings. The Labute approximate surface area is 142 Å². The van der Waals surface area contributed by atoms with Gasteiger partial charge in [0, 0.05) is 29.0 Å². The van der Waals surface area contributed by atoms with Gasteiger partial charge in [-0.1, -0.05) is 23.2 Å². The minimum atomic E-state index is -0.602. The van der Waals surface area contributed by atoms with E-state index >= 15 is 0 Å². The van der Waals surface area contributed by atoms with Gasteiger partial charge in [0.2, 0.25) is 0 Å². The topological polar surface area (TPSA) is 75.5 Å². The van der Waals surface area contributed by atoms with Crippen molar-refractivity contribution < 1.29 is 9.72 Å². The second kappa shape index (κ2) is 7.30. The number of nitrogens with one attached hydrogen (secondary N) is 1. The van der Waals surface area contributed by atoms with Gasteiger partial charge in [0.15, 0.2) is 0 Å². The molecule has 2 amide bonds. The van der Waals surface area contributed by atoms with Crippen LogP contribution in [-0.2, 0) is 0 Å². The summed E-state index contributed by atoms with van der Waals surface area (Å²) in [6, 6.07) is 10.5. The Bertz CT molecular complexity index is 735. The lowest BCUT2D eigenvalue weighted by Gasteiger charge is -2.21. The second-order valence-electron chi connectivity index (χ2n) is 4.57. The molecule has 0 spiro atoms. The summed E-state index contributed by atoms with van der Waals surface area (Å²) >= 11 is 11.6. The number of nitrogens with zero attached hydrogens (tertiary/aromatic N) is 2. The number of anilines is 2. The average Bonchev–Trinajstić information content (AvgIpc) is 2.51. The van der Waals surface area contributed by atoms with Crippen molar-refractivity contribution in [3.8, 4) is 0 Å². The van der Waals surface area contributed by atoms with Gasteiger partial charge in [-0.15, -0.1) is 0 Å². The summed E-state index contributed by atoms with van der Waals surface area (Å²) in [6.45, 7) is 2.24. The van der Waals surface area contributed by atoms with E-state index in [-0.39, 0.29) is 10.7 Å². The van der Waals surface area contributed by atoms with Crippen LogP contribution in [0, 0.1) is 10.1 Å². The normalized spacial score (nSPS) is 10.2. The van der Waals surface area contributed by atoms with Gasteiger partial charge in [-0.3, -0.25) is 15.0 Å². The summed E-state index contributed by atoms with van der Waals surface area (Å²) in [5.74, 6) is 0. The average molecular weight is 354 g/mol. The summed E-state index contributed by atoms with van der Waals surface area (Å²) in [5, 5.41) is 14.1. The third kappa shape index (κ3) is 4.12. The van der Waals surface area contributed by atoms with Crippen molar-refractivity contribution in [1.82, 2.24) is 0 Å². The molecular formula is C15H13Cl2N3O3. The number of benzene rings is 2. The highest BCUT2D eigenvalue weighted by Crippen LogP contribution is 2.28. The Morgan fingerprint density at radius 1 is 1.22 bits per heavy atom. The fraction of sp³-hybridized carbons (Fsp3) is 0.133. The summed E-state index contributed by atoms with van der Waals surface area (Å²) in [5.41, 5.74) is 0.690. The number of halogens is 2. The first kappa shape index (κ1) is 17.1. The highest BCUT2D eigenvalue weighted by atomic mass is 35.5. The van der Waals surface area contributed by atoms with E-state index in [0.717, 1.165) is 0 Å². The third-order valence-electron chi connectivity index (χ3n) is 3.09. The van der Waals surface area contributed by atoms with Crippen molar-refractivity contribution in [1.29, 1.82) is 0 Å². The van der Waals surface area contributed by atoms with E-state index in [9.17, 15) is 14.9 Å². The SMILES string of the molecule is CCN(C(=O)Nc1ccc(Cl)c([N+](=O)[O-])c1)c1ccc(Cl)cc1. The molecule has 0 saturated carbocycles. The Morgan fingerprint density at radius 2 is 1.87 bits per heavy atom. The Balaban J connectivity index is 2.21. The highest BCUT2D eigenvalue weighted by Gasteiger charge is 2.17. The zero-order valence-electron chi connectivity index (χ0n) is 12.1. The van der Waals surface area contributed by atoms with E-state index in [1.807, 2.05) is 6.92 Å². The first-order valence-electron chi connectivity index (χ1n) is 6.70. The molecule has 0 aliphatic heterocycles. The van der Waals surface area contributed by atoms with Crippen LogP contribution in [-0.4, -0.2) is 17.5 Å². The van der Waals surface area contributed by atoms with Crippen LogP contribution in [0.5, 0.6) is 0 Å². The summed E-state index contributed by atoms with van der Waals surface area (Å²) in [7, 11) is 0. The van der Waals surface area contributed by atoms with Gasteiger partial charge in [-0.25, -0.2) is 4.79 Å². The Morgan fingerprint density at radius 3 is 2.43 bits per heavy atom. The number of rotatable bonds is 4. The molecule has 0 unspecified atom stereocenters. The van der Waals surface area contributed by atoms with Crippen molar-refractivity contribution in [2.75, 3.05) is 16.8 Å². The molecule has 120 valence electrons. The molecule has 0 aromatic heterocycles. The standard InChI is InChI=1S/C15H13Cl2N3O3/c1-2-19(12-6-3-10(16)4-7-12)15(21)18-11-5-8-13(17)14(9-11)20(22)23/h3-9H,2H2,1H3,(H,18,21). The van der Waals surface area contributed by atoms with E-state index in [0.29, 0.717) is 22.9 Å². The number of hydrogen-bond acceptors (Lipinski definition) is 3. The molecule has 0 fully saturated rings. The van der Waals surface area contributed by atoms with Gasteiger partial charge >= 0.3 is 6.03 Å². The highest BCUT2D eigenvalue weighted by molar-refractivity contribution is 6.32. The largest absolute Gasteiger partial charge is 0.326 e. The maximum absolute atomic E-state index is 12.4. The molecule has 1 N–H and O–H groups in total. The molecule has 0 heterocycles. The van der Waals surface area contributed by atoms with E-state index in [1.165, 1.54) is 23.1 Å². The number of carbonyl (C=O) groups is 1. The maximum Gasteiger partial charge on any atom is 0.326 e. The molecule has 23 heavy (non-hydrogen) atoms. The maximum atomic E-state index is 12.4. The molecule has 2 rings (SSSR count). The van der Waals surface area contributed by atoms with Crippen molar-refractivity contribution in [3.05, 3.63) is 62.6 Å². The minimum absolute atomic E-state index is 0.0121. The number of hydrogen-bond donors (Lipinski definition) is 1. The van der Waals surface area contributed by atoms with E-state index in [4.69, 9.17) is 23.2 Å². The van der Waals surface area contributed by atoms with Gasteiger partial charge in [0.1, 0.15) is 5.02 Å². The van der Waals surface area contributed by atoms with Crippen molar-refractivity contribution in [2.45, 2.75) is 6.92 Å². The van der Waals surface area contributed by atoms with Crippen molar-refractivity contribution in [3.63, 3.8) is 0 Å². The fourth-order valence-corrected chi connectivity index (χ4v) is 2.30. The summed E-state index contributed by atoms with van der Waals surface area (Å²) in [6.07, 6.45) is 0. The van der Waals surface area contributed by atoms with Crippen LogP contribution in [0.2, 0.25) is 10.0 Å². The van der Waals surface area contributed by atoms with Crippen LogP contribution in [0.3, 0.4) is 0 Å². The van der Waals surface area contributed by atoms with Crippen LogP contribution >= 0.6 is 23.2 Å². The number of nitro benzene ring substituents is 1. The number of carbonyl (C=O) groups excluding carboxylic acids is 1. The molecule has 0 saturated heterocycles. The first-order valence-corrected chi connectivity index (χ1v) is 7.46. The molecule has 0 atom stereocenters. The molecule has 0 radical (unpaired) electrons. The quantitative estimate of drug-likeness (QED) is 0.623. The molecule has 8 heteroatoms. The van der Waals surface area contributed by atoms with E-state index < -0.39 is 11.0 Å². The molecule has 0 bridgehead atoms. The lowest BCUT2D eigenvalue weighted by atomic mass is 10.2. The van der Waals surface area contributed by atoms with E-state index in [2.05, 4.69) is 5.32 Å². The third-order valence-corrected chi connectivity index (χ3v) is 3.67. The predicted molar refractivity (Wildman–Crippen MR) is 91.6 cm³/mol. The first-order chi connectivity index (χ1) is 10.9. The van der Waals surface area contributed by atoms with Gasteiger partial charge in [0.25, 0.3) is 5.69 Å². The second-order valence-corrected chi connectivity index (χ2v) is 5.42. The number of nitro groups is 1. The van der Waals surface area contributed by atoms with Gasteiger partial charge in [-0.05, 0) is 43.3 Å². The van der Waals surface area contributed by atoms with Crippen molar-refractivity contribution in [2.24, 2.45) is 0 Å². The lowest BCUT2D eigenvalue weighted by Crippen LogP contribution is -2.34. The molecular weight excluding hydrogens is 341 g/mol. The van der Waals surface area contributed by atoms with Gasteiger partial charge in [-0.2, -0.15) is 0 Å². The Hall–Kier alpha value is -2.31. The van der Waals surface area contributed by atoms with Crippen LogP contribution in [0.25, 0.3) is 0 Å². The predicted octanol–water partition coefficient (Wildman–Crippen LogP) is 4.96. The van der Waals surface area contributed by atoms with Crippen LogP contribution < -0.4 is 10.2 Å².